The van der Waals surface area contributed by atoms with E-state index in [0.717, 1.165) is 0 Å². The Balaban J connectivity index is 2.33. The molecule has 0 bridgehead atoms. The van der Waals surface area contributed by atoms with E-state index in [9.17, 15) is 9.90 Å². The average molecular weight is 254 g/mol. The molecule has 3 aromatic heterocycles. The van der Waals surface area contributed by atoms with Gasteiger partial charge in [0.15, 0.2) is 5.65 Å². The molecule has 3 rings (SSSR count). The Morgan fingerprint density at radius 1 is 1.32 bits per heavy atom. The molecule has 6 nitrogen and oxygen atoms in total. The van der Waals surface area contributed by atoms with Crippen LogP contribution >= 0.6 is 0 Å². The van der Waals surface area contributed by atoms with Crippen LogP contribution in [0.3, 0.4) is 0 Å². The van der Waals surface area contributed by atoms with Crippen LogP contribution in [0.25, 0.3) is 22.4 Å². The zero-order valence-electron chi connectivity index (χ0n) is 10.1. The van der Waals surface area contributed by atoms with E-state index in [-0.39, 0.29) is 5.56 Å². The minimum atomic E-state index is -1.00. The van der Waals surface area contributed by atoms with E-state index >= 15 is 0 Å². The zero-order valence-corrected chi connectivity index (χ0v) is 10.1. The highest BCUT2D eigenvalue weighted by atomic mass is 16.4. The highest BCUT2D eigenvalue weighted by molar-refractivity contribution is 6.02. The number of carboxylic acid groups (broad SMARTS) is 1. The maximum Gasteiger partial charge on any atom is 0.336 e. The van der Waals surface area contributed by atoms with E-state index in [4.69, 9.17) is 0 Å². The van der Waals surface area contributed by atoms with Gasteiger partial charge in [-0.1, -0.05) is 6.07 Å². The quantitative estimate of drug-likeness (QED) is 0.753. The molecule has 0 radical (unpaired) electrons. The number of fused-ring (bicyclic) bond motifs is 1. The van der Waals surface area contributed by atoms with Gasteiger partial charge in [0.05, 0.1) is 28.5 Å². The molecule has 0 spiro atoms. The first-order chi connectivity index (χ1) is 9.16. The molecule has 94 valence electrons. The van der Waals surface area contributed by atoms with Crippen LogP contribution in [0.5, 0.6) is 0 Å². The molecule has 19 heavy (non-hydrogen) atoms. The summed E-state index contributed by atoms with van der Waals surface area (Å²) in [6.07, 6.45) is 3.15. The van der Waals surface area contributed by atoms with Gasteiger partial charge in [0, 0.05) is 13.2 Å². The summed E-state index contributed by atoms with van der Waals surface area (Å²) in [5.41, 5.74) is 1.86. The molecule has 6 heteroatoms. The van der Waals surface area contributed by atoms with Crippen LogP contribution < -0.4 is 0 Å². The average Bonchev–Trinajstić information content (AvgIpc) is 2.80. The van der Waals surface area contributed by atoms with Crippen LogP contribution in [0.2, 0.25) is 0 Å². The highest BCUT2D eigenvalue weighted by Gasteiger charge is 2.15. The molecule has 0 aromatic carbocycles. The number of carbonyl (C=O) groups is 1. The van der Waals surface area contributed by atoms with Crippen LogP contribution in [0.1, 0.15) is 10.4 Å². The first-order valence-electron chi connectivity index (χ1n) is 5.64. The van der Waals surface area contributed by atoms with Gasteiger partial charge >= 0.3 is 5.97 Å². The summed E-state index contributed by atoms with van der Waals surface area (Å²) in [6, 6.07) is 6.94. The van der Waals surface area contributed by atoms with E-state index < -0.39 is 5.97 Å². The summed E-state index contributed by atoms with van der Waals surface area (Å²) in [4.78, 5) is 19.9. The molecule has 0 unspecified atom stereocenters. The van der Waals surface area contributed by atoms with Crippen LogP contribution in [-0.4, -0.2) is 30.8 Å². The van der Waals surface area contributed by atoms with Crippen molar-refractivity contribution in [2.45, 2.75) is 0 Å². The van der Waals surface area contributed by atoms with Crippen LogP contribution in [0.4, 0.5) is 0 Å². The first-order valence-corrected chi connectivity index (χ1v) is 5.64. The number of hydrogen-bond acceptors (Lipinski definition) is 4. The van der Waals surface area contributed by atoms with Gasteiger partial charge in [-0.2, -0.15) is 5.10 Å². The van der Waals surface area contributed by atoms with Gasteiger partial charge in [-0.3, -0.25) is 9.67 Å². The van der Waals surface area contributed by atoms with E-state index in [1.807, 2.05) is 6.07 Å². The summed E-state index contributed by atoms with van der Waals surface area (Å²) in [6.45, 7) is 0. The Kier molecular flexibility index (Phi) is 2.49. The maximum absolute atomic E-state index is 11.3. The van der Waals surface area contributed by atoms with E-state index in [2.05, 4.69) is 15.1 Å². The maximum atomic E-state index is 11.3. The molecule has 0 aliphatic rings. The predicted octanol–water partition coefficient (Wildman–Crippen LogP) is 1.73. The van der Waals surface area contributed by atoms with Crippen molar-refractivity contribution in [1.29, 1.82) is 0 Å². The molecule has 0 saturated carbocycles. The smallest absolute Gasteiger partial charge is 0.336 e. The summed E-state index contributed by atoms with van der Waals surface area (Å²) in [7, 11) is 1.73. The number of aromatic nitrogens is 4. The van der Waals surface area contributed by atoms with E-state index in [1.54, 1.807) is 30.1 Å². The fourth-order valence-corrected chi connectivity index (χ4v) is 1.94. The summed E-state index contributed by atoms with van der Waals surface area (Å²) in [5.74, 6) is -1.00. The van der Waals surface area contributed by atoms with Gasteiger partial charge < -0.3 is 5.11 Å². The molecular weight excluding hydrogens is 244 g/mol. The van der Waals surface area contributed by atoms with E-state index in [1.165, 1.54) is 12.3 Å². The van der Waals surface area contributed by atoms with Gasteiger partial charge in [0.25, 0.3) is 0 Å². The molecule has 3 aromatic rings. The van der Waals surface area contributed by atoms with Gasteiger partial charge in [0.1, 0.15) is 0 Å². The van der Waals surface area contributed by atoms with Crippen molar-refractivity contribution in [3.8, 4) is 11.4 Å². The molecule has 0 amide bonds. The van der Waals surface area contributed by atoms with Crippen molar-refractivity contribution >= 4 is 17.0 Å². The number of hydrogen-bond donors (Lipinski definition) is 1. The third-order valence-corrected chi connectivity index (χ3v) is 2.86. The fourth-order valence-electron chi connectivity index (χ4n) is 1.94. The summed E-state index contributed by atoms with van der Waals surface area (Å²) < 4.78 is 1.55. The van der Waals surface area contributed by atoms with Crippen molar-refractivity contribution in [1.82, 2.24) is 19.7 Å². The second-order valence-corrected chi connectivity index (χ2v) is 4.08. The third kappa shape index (κ3) is 1.83. The van der Waals surface area contributed by atoms with Crippen molar-refractivity contribution in [3.63, 3.8) is 0 Å². The number of aromatic carboxylic acids is 1. The molecule has 0 saturated heterocycles. The second kappa shape index (κ2) is 4.16. The predicted molar refractivity (Wildman–Crippen MR) is 68.7 cm³/mol. The Hall–Kier alpha value is -2.76. The Morgan fingerprint density at radius 2 is 2.16 bits per heavy atom. The largest absolute Gasteiger partial charge is 0.478 e. The SMILES string of the molecule is Cn1ncc2c(C(=O)O)cc(-c3ccccn3)nc21. The van der Waals surface area contributed by atoms with Gasteiger partial charge in [-0.15, -0.1) is 0 Å². The number of rotatable bonds is 2. The third-order valence-electron chi connectivity index (χ3n) is 2.86. The molecule has 0 fully saturated rings. The molecule has 1 N–H and O–H groups in total. The van der Waals surface area contributed by atoms with Crippen molar-refractivity contribution in [2.24, 2.45) is 7.05 Å². The number of carboxylic acids is 1. The second-order valence-electron chi connectivity index (χ2n) is 4.08. The van der Waals surface area contributed by atoms with Gasteiger partial charge in [-0.05, 0) is 18.2 Å². The lowest BCUT2D eigenvalue weighted by atomic mass is 10.1. The molecule has 3 heterocycles. The summed E-state index contributed by atoms with van der Waals surface area (Å²) >= 11 is 0. The Bertz CT molecular complexity index is 765. The number of pyridine rings is 2. The summed E-state index contributed by atoms with van der Waals surface area (Å²) in [5, 5.41) is 13.8. The molecule has 0 atom stereocenters. The number of nitrogens with zero attached hydrogens (tertiary/aromatic N) is 4. The lowest BCUT2D eigenvalue weighted by molar-refractivity contribution is 0.0699. The van der Waals surface area contributed by atoms with Crippen molar-refractivity contribution in [2.75, 3.05) is 0 Å². The monoisotopic (exact) mass is 254 g/mol. The molecule has 0 aliphatic heterocycles. The topological polar surface area (TPSA) is 80.9 Å². The standard InChI is InChI=1S/C13H10N4O2/c1-17-12-9(7-15-17)8(13(18)19)6-11(16-12)10-4-2-3-5-14-10/h2-7H,1H3,(H,18,19). The minimum absolute atomic E-state index is 0.179. The number of aryl methyl sites for hydroxylation is 1. The van der Waals surface area contributed by atoms with Gasteiger partial charge in [0.2, 0.25) is 0 Å². The van der Waals surface area contributed by atoms with Crippen LogP contribution in [0.15, 0.2) is 36.7 Å². The lowest BCUT2D eigenvalue weighted by Crippen LogP contribution is -2.01. The Labute approximate surface area is 108 Å². The lowest BCUT2D eigenvalue weighted by Gasteiger charge is -2.04. The normalized spacial score (nSPS) is 10.8. The van der Waals surface area contributed by atoms with Crippen LogP contribution in [-0.2, 0) is 7.05 Å². The minimum Gasteiger partial charge on any atom is -0.478 e. The molecule has 0 aliphatic carbocycles. The van der Waals surface area contributed by atoms with E-state index in [0.29, 0.717) is 22.4 Å². The van der Waals surface area contributed by atoms with Gasteiger partial charge in [-0.25, -0.2) is 9.78 Å². The fraction of sp³-hybridized carbons (Fsp3) is 0.0769. The highest BCUT2D eigenvalue weighted by Crippen LogP contribution is 2.23. The van der Waals surface area contributed by atoms with Crippen molar-refractivity contribution in [3.05, 3.63) is 42.2 Å². The first kappa shape index (κ1) is 11.3. The zero-order chi connectivity index (χ0) is 13.4. The van der Waals surface area contributed by atoms with Crippen LogP contribution in [0, 0.1) is 0 Å². The van der Waals surface area contributed by atoms with Crippen molar-refractivity contribution < 1.29 is 9.90 Å². The Morgan fingerprint density at radius 3 is 2.84 bits per heavy atom. The molecular formula is C13H10N4O2.